The maximum atomic E-state index is 11.0. The standard InChI is InChI=1S/C15H22N2O4/c1-10-7-8-14(17(20)21)13(9-10)16-12(3)6-4-5-11(2)15(18)19/h7-9,11-12,16H,4-6H2,1-3H3,(H,18,19). The Hall–Kier alpha value is -2.11. The molecule has 1 aromatic rings. The monoisotopic (exact) mass is 294 g/mol. The summed E-state index contributed by atoms with van der Waals surface area (Å²) in [6, 6.07) is 5.01. The van der Waals surface area contributed by atoms with Crippen LogP contribution in [0.5, 0.6) is 0 Å². The molecule has 6 nitrogen and oxygen atoms in total. The molecule has 0 bridgehead atoms. The van der Waals surface area contributed by atoms with Crippen molar-refractivity contribution >= 4 is 17.3 Å². The molecule has 21 heavy (non-hydrogen) atoms. The molecule has 116 valence electrons. The van der Waals surface area contributed by atoms with Gasteiger partial charge in [0.2, 0.25) is 0 Å². The minimum absolute atomic E-state index is 0.0477. The number of benzene rings is 1. The van der Waals surface area contributed by atoms with Crippen LogP contribution in [0.1, 0.15) is 38.7 Å². The van der Waals surface area contributed by atoms with Crippen LogP contribution in [-0.2, 0) is 4.79 Å². The third-order valence-electron chi connectivity index (χ3n) is 3.45. The molecule has 2 unspecified atom stereocenters. The van der Waals surface area contributed by atoms with Crippen LogP contribution in [0.3, 0.4) is 0 Å². The smallest absolute Gasteiger partial charge is 0.306 e. The molecule has 0 fully saturated rings. The van der Waals surface area contributed by atoms with Gasteiger partial charge in [-0.2, -0.15) is 0 Å². The molecule has 0 spiro atoms. The van der Waals surface area contributed by atoms with Crippen molar-refractivity contribution in [3.8, 4) is 0 Å². The van der Waals surface area contributed by atoms with Crippen molar-refractivity contribution in [2.45, 2.75) is 46.1 Å². The topological polar surface area (TPSA) is 92.5 Å². The van der Waals surface area contributed by atoms with Crippen LogP contribution in [-0.4, -0.2) is 22.0 Å². The Morgan fingerprint density at radius 1 is 1.38 bits per heavy atom. The molecule has 0 saturated heterocycles. The first kappa shape index (κ1) is 16.9. The quantitative estimate of drug-likeness (QED) is 0.564. The van der Waals surface area contributed by atoms with Crippen molar-refractivity contribution in [2.75, 3.05) is 5.32 Å². The summed E-state index contributed by atoms with van der Waals surface area (Å²) in [5.74, 6) is -1.14. The number of hydrogen-bond donors (Lipinski definition) is 2. The molecule has 1 rings (SSSR count). The largest absolute Gasteiger partial charge is 0.481 e. The van der Waals surface area contributed by atoms with Gasteiger partial charge in [0.1, 0.15) is 5.69 Å². The minimum Gasteiger partial charge on any atom is -0.481 e. The van der Waals surface area contributed by atoms with E-state index in [9.17, 15) is 14.9 Å². The maximum absolute atomic E-state index is 11.0. The van der Waals surface area contributed by atoms with Gasteiger partial charge in [-0.3, -0.25) is 14.9 Å². The zero-order valence-electron chi connectivity index (χ0n) is 12.6. The van der Waals surface area contributed by atoms with E-state index < -0.39 is 10.9 Å². The highest BCUT2D eigenvalue weighted by Gasteiger charge is 2.16. The van der Waals surface area contributed by atoms with Gasteiger partial charge < -0.3 is 10.4 Å². The van der Waals surface area contributed by atoms with Crippen LogP contribution in [0.15, 0.2) is 18.2 Å². The van der Waals surface area contributed by atoms with E-state index in [1.54, 1.807) is 19.1 Å². The molecular formula is C15H22N2O4. The second-order valence-electron chi connectivity index (χ2n) is 5.49. The van der Waals surface area contributed by atoms with Crippen molar-refractivity contribution in [2.24, 2.45) is 5.92 Å². The minimum atomic E-state index is -0.787. The Bertz CT molecular complexity index is 516. The maximum Gasteiger partial charge on any atom is 0.306 e. The number of carboxylic acid groups (broad SMARTS) is 1. The molecule has 2 N–H and O–H groups in total. The molecule has 6 heteroatoms. The summed E-state index contributed by atoms with van der Waals surface area (Å²) in [5, 5.41) is 23.0. The number of aryl methyl sites for hydroxylation is 1. The average Bonchev–Trinajstić information content (AvgIpc) is 2.37. The molecule has 1 aromatic carbocycles. The van der Waals surface area contributed by atoms with E-state index >= 15 is 0 Å². The Kier molecular flexibility index (Phi) is 6.14. The second-order valence-corrected chi connectivity index (χ2v) is 5.49. The second kappa shape index (κ2) is 7.61. The summed E-state index contributed by atoms with van der Waals surface area (Å²) >= 11 is 0. The molecule has 0 saturated carbocycles. The van der Waals surface area contributed by atoms with E-state index in [0.29, 0.717) is 12.1 Å². The fourth-order valence-corrected chi connectivity index (χ4v) is 2.12. The molecule has 0 aromatic heterocycles. The summed E-state index contributed by atoms with van der Waals surface area (Å²) < 4.78 is 0. The number of aliphatic carboxylic acids is 1. The van der Waals surface area contributed by atoms with Crippen molar-refractivity contribution in [3.05, 3.63) is 33.9 Å². The number of nitro groups is 1. The fourth-order valence-electron chi connectivity index (χ4n) is 2.12. The highest BCUT2D eigenvalue weighted by Crippen LogP contribution is 2.26. The van der Waals surface area contributed by atoms with Crippen molar-refractivity contribution in [1.82, 2.24) is 0 Å². The van der Waals surface area contributed by atoms with Gasteiger partial charge in [-0.15, -0.1) is 0 Å². The van der Waals surface area contributed by atoms with E-state index in [0.717, 1.165) is 18.4 Å². The van der Waals surface area contributed by atoms with Crippen LogP contribution in [0.25, 0.3) is 0 Å². The Balaban J connectivity index is 2.58. The molecule has 0 aliphatic rings. The highest BCUT2D eigenvalue weighted by molar-refractivity contribution is 5.69. The van der Waals surface area contributed by atoms with E-state index in [2.05, 4.69) is 5.32 Å². The van der Waals surface area contributed by atoms with Gasteiger partial charge in [-0.05, 0) is 38.3 Å². The van der Waals surface area contributed by atoms with Gasteiger partial charge in [-0.25, -0.2) is 0 Å². The highest BCUT2D eigenvalue weighted by atomic mass is 16.6. The average molecular weight is 294 g/mol. The van der Waals surface area contributed by atoms with E-state index in [-0.39, 0.29) is 17.6 Å². The predicted molar refractivity (Wildman–Crippen MR) is 81.6 cm³/mol. The van der Waals surface area contributed by atoms with Gasteiger partial charge in [0, 0.05) is 12.1 Å². The Labute approximate surface area is 124 Å². The van der Waals surface area contributed by atoms with Crippen LogP contribution in [0.4, 0.5) is 11.4 Å². The van der Waals surface area contributed by atoms with Crippen LogP contribution in [0.2, 0.25) is 0 Å². The lowest BCUT2D eigenvalue weighted by Crippen LogP contribution is -2.17. The Morgan fingerprint density at radius 3 is 2.62 bits per heavy atom. The molecule has 0 amide bonds. The SMILES string of the molecule is Cc1ccc([N+](=O)[O-])c(NC(C)CCCC(C)C(=O)O)c1. The van der Waals surface area contributed by atoms with E-state index in [4.69, 9.17) is 5.11 Å². The molecular weight excluding hydrogens is 272 g/mol. The van der Waals surface area contributed by atoms with E-state index in [1.807, 2.05) is 13.8 Å². The van der Waals surface area contributed by atoms with Crippen molar-refractivity contribution in [1.29, 1.82) is 0 Å². The van der Waals surface area contributed by atoms with Crippen LogP contribution < -0.4 is 5.32 Å². The molecule has 0 heterocycles. The zero-order valence-corrected chi connectivity index (χ0v) is 12.6. The van der Waals surface area contributed by atoms with Gasteiger partial charge in [0.25, 0.3) is 5.69 Å². The number of rotatable bonds is 8. The number of nitrogens with zero attached hydrogens (tertiary/aromatic N) is 1. The molecule has 0 aliphatic heterocycles. The van der Waals surface area contributed by atoms with Crippen LogP contribution in [0, 0.1) is 23.0 Å². The number of carboxylic acids is 1. The van der Waals surface area contributed by atoms with Crippen molar-refractivity contribution in [3.63, 3.8) is 0 Å². The summed E-state index contributed by atoms with van der Waals surface area (Å²) in [6.07, 6.45) is 2.14. The number of nitro benzene ring substituents is 1. The number of carbonyl (C=O) groups is 1. The predicted octanol–water partition coefficient (Wildman–Crippen LogP) is 3.59. The fraction of sp³-hybridized carbons (Fsp3) is 0.533. The van der Waals surface area contributed by atoms with Gasteiger partial charge in [-0.1, -0.05) is 19.4 Å². The van der Waals surface area contributed by atoms with Crippen LogP contribution >= 0.6 is 0 Å². The first-order valence-corrected chi connectivity index (χ1v) is 7.05. The molecule has 0 aliphatic carbocycles. The lowest BCUT2D eigenvalue weighted by Gasteiger charge is -2.16. The third-order valence-corrected chi connectivity index (χ3v) is 3.45. The van der Waals surface area contributed by atoms with Gasteiger partial charge in [0.15, 0.2) is 0 Å². The molecule has 2 atom stereocenters. The van der Waals surface area contributed by atoms with Crippen molar-refractivity contribution < 1.29 is 14.8 Å². The number of anilines is 1. The van der Waals surface area contributed by atoms with E-state index in [1.165, 1.54) is 6.07 Å². The van der Waals surface area contributed by atoms with Gasteiger partial charge >= 0.3 is 5.97 Å². The summed E-state index contributed by atoms with van der Waals surface area (Å²) in [4.78, 5) is 21.3. The first-order valence-electron chi connectivity index (χ1n) is 7.05. The zero-order chi connectivity index (χ0) is 16.0. The summed E-state index contributed by atoms with van der Waals surface area (Å²) in [7, 11) is 0. The summed E-state index contributed by atoms with van der Waals surface area (Å²) in [6.45, 7) is 5.51. The van der Waals surface area contributed by atoms with Gasteiger partial charge in [0.05, 0.1) is 10.8 Å². The summed E-state index contributed by atoms with van der Waals surface area (Å²) in [5.41, 5.74) is 1.53. The first-order chi connectivity index (χ1) is 9.81. The lowest BCUT2D eigenvalue weighted by molar-refractivity contribution is -0.384. The molecule has 0 radical (unpaired) electrons. The lowest BCUT2D eigenvalue weighted by atomic mass is 10.0. The number of hydrogen-bond acceptors (Lipinski definition) is 4. The Morgan fingerprint density at radius 2 is 2.05 bits per heavy atom. The normalized spacial score (nSPS) is 13.5. The third kappa shape index (κ3) is 5.41. The number of nitrogens with one attached hydrogen (secondary N) is 1.